The molecule has 0 radical (unpaired) electrons. The summed E-state index contributed by atoms with van der Waals surface area (Å²) in [5, 5.41) is 10.4. The maximum Gasteiger partial charge on any atom is 0.344 e. The minimum absolute atomic E-state index is 0.512. The number of para-hydroxylation sites is 1. The molecular formula is C21H22O4. The van der Waals surface area contributed by atoms with Crippen LogP contribution in [0.2, 0.25) is 0 Å². The Morgan fingerprint density at radius 3 is 2.72 bits per heavy atom. The lowest BCUT2D eigenvalue weighted by molar-refractivity contribution is -0.145. The van der Waals surface area contributed by atoms with Crippen LogP contribution in [0.25, 0.3) is 22.3 Å². The van der Waals surface area contributed by atoms with Crippen molar-refractivity contribution >= 4 is 16.9 Å². The van der Waals surface area contributed by atoms with Gasteiger partial charge in [-0.2, -0.15) is 0 Å². The Morgan fingerprint density at radius 1 is 1.12 bits per heavy atom. The van der Waals surface area contributed by atoms with Gasteiger partial charge >= 0.3 is 5.97 Å². The molecule has 2 aromatic carbocycles. The molecule has 0 aliphatic carbocycles. The number of hydrogen-bond donors (Lipinski definition) is 1. The normalized spacial score (nSPS) is 12.2. The highest BCUT2D eigenvalue weighted by Gasteiger charge is 2.19. The number of benzene rings is 2. The number of furan rings is 1. The number of carboxylic acid groups (broad SMARTS) is 1. The molecule has 130 valence electrons. The maximum absolute atomic E-state index is 11.4. The van der Waals surface area contributed by atoms with Gasteiger partial charge in [-0.25, -0.2) is 4.79 Å². The average molecular weight is 338 g/mol. The molecule has 0 aliphatic rings. The van der Waals surface area contributed by atoms with Gasteiger partial charge < -0.3 is 14.3 Å². The van der Waals surface area contributed by atoms with E-state index in [1.165, 1.54) is 0 Å². The number of ether oxygens (including phenoxy) is 1. The molecule has 1 unspecified atom stereocenters. The first-order chi connectivity index (χ1) is 12.2. The van der Waals surface area contributed by atoms with Crippen molar-refractivity contribution in [3.63, 3.8) is 0 Å². The fraction of sp³-hybridized carbons (Fsp3) is 0.286. The van der Waals surface area contributed by atoms with Crippen LogP contribution in [-0.4, -0.2) is 17.2 Å². The van der Waals surface area contributed by atoms with Crippen LogP contribution in [0.1, 0.15) is 32.6 Å². The van der Waals surface area contributed by atoms with Crippen LogP contribution in [0.4, 0.5) is 0 Å². The second-order valence-electron chi connectivity index (χ2n) is 6.12. The zero-order valence-electron chi connectivity index (χ0n) is 14.3. The zero-order valence-corrected chi connectivity index (χ0v) is 14.3. The molecule has 4 nitrogen and oxygen atoms in total. The molecule has 0 saturated heterocycles. The van der Waals surface area contributed by atoms with E-state index in [1.807, 2.05) is 48.5 Å². The monoisotopic (exact) mass is 338 g/mol. The van der Waals surface area contributed by atoms with E-state index >= 15 is 0 Å². The van der Waals surface area contributed by atoms with E-state index in [9.17, 15) is 9.90 Å². The fourth-order valence-corrected chi connectivity index (χ4v) is 2.82. The van der Waals surface area contributed by atoms with Gasteiger partial charge in [0.15, 0.2) is 6.10 Å². The minimum Gasteiger partial charge on any atom is -0.479 e. The van der Waals surface area contributed by atoms with E-state index in [0.717, 1.165) is 41.6 Å². The molecule has 0 fully saturated rings. The van der Waals surface area contributed by atoms with Gasteiger partial charge in [0, 0.05) is 10.9 Å². The fourth-order valence-electron chi connectivity index (χ4n) is 2.82. The van der Waals surface area contributed by atoms with Gasteiger partial charge in [-0.15, -0.1) is 0 Å². The molecule has 4 heteroatoms. The number of fused-ring (bicyclic) bond motifs is 1. The molecule has 1 heterocycles. The minimum atomic E-state index is -0.926. The van der Waals surface area contributed by atoms with Crippen molar-refractivity contribution in [1.82, 2.24) is 0 Å². The summed E-state index contributed by atoms with van der Waals surface area (Å²) in [4.78, 5) is 11.4. The Kier molecular flexibility index (Phi) is 5.39. The van der Waals surface area contributed by atoms with Crippen LogP contribution in [0.5, 0.6) is 5.75 Å². The largest absolute Gasteiger partial charge is 0.479 e. The molecule has 0 amide bonds. The van der Waals surface area contributed by atoms with Crippen molar-refractivity contribution in [2.45, 2.75) is 38.7 Å². The molecule has 3 aromatic rings. The van der Waals surface area contributed by atoms with Crippen LogP contribution in [-0.2, 0) is 4.79 Å². The lowest BCUT2D eigenvalue weighted by Gasteiger charge is -2.15. The SMILES string of the molecule is CCCCCC(Oc1cccc(-c2cc3ccccc3o2)c1)C(=O)O. The molecule has 1 N–H and O–H groups in total. The molecule has 0 aliphatic heterocycles. The van der Waals surface area contributed by atoms with Crippen molar-refractivity contribution in [3.05, 3.63) is 54.6 Å². The summed E-state index contributed by atoms with van der Waals surface area (Å²) >= 11 is 0. The predicted octanol–water partition coefficient (Wildman–Crippen LogP) is 5.51. The summed E-state index contributed by atoms with van der Waals surface area (Å²) in [6, 6.07) is 17.2. The zero-order chi connectivity index (χ0) is 17.6. The Balaban J connectivity index is 1.79. The number of aliphatic carboxylic acids is 1. The topological polar surface area (TPSA) is 59.7 Å². The number of carboxylic acids is 1. The van der Waals surface area contributed by atoms with Crippen LogP contribution in [0, 0.1) is 0 Å². The van der Waals surface area contributed by atoms with Crippen LogP contribution in [0.15, 0.2) is 59.0 Å². The third kappa shape index (κ3) is 4.21. The molecule has 1 atom stereocenters. The first-order valence-electron chi connectivity index (χ1n) is 8.66. The summed E-state index contributed by atoms with van der Waals surface area (Å²) in [6.45, 7) is 2.09. The van der Waals surface area contributed by atoms with Crippen molar-refractivity contribution in [2.75, 3.05) is 0 Å². The van der Waals surface area contributed by atoms with E-state index < -0.39 is 12.1 Å². The second kappa shape index (κ2) is 7.88. The first-order valence-corrected chi connectivity index (χ1v) is 8.66. The van der Waals surface area contributed by atoms with Gasteiger partial charge in [-0.3, -0.25) is 0 Å². The molecule has 0 saturated carbocycles. The highest BCUT2D eigenvalue weighted by molar-refractivity contribution is 5.82. The third-order valence-corrected chi connectivity index (χ3v) is 4.17. The Morgan fingerprint density at radius 2 is 1.96 bits per heavy atom. The van der Waals surface area contributed by atoms with E-state index in [0.29, 0.717) is 12.2 Å². The number of unbranched alkanes of at least 4 members (excludes halogenated alkanes) is 2. The van der Waals surface area contributed by atoms with Crippen LogP contribution < -0.4 is 4.74 Å². The summed E-state index contributed by atoms with van der Waals surface area (Å²) in [7, 11) is 0. The van der Waals surface area contributed by atoms with Gasteiger partial charge in [0.05, 0.1) is 0 Å². The Hall–Kier alpha value is -2.75. The summed E-state index contributed by atoms with van der Waals surface area (Å²) in [6.07, 6.45) is 2.59. The maximum atomic E-state index is 11.4. The number of carbonyl (C=O) groups is 1. The molecule has 25 heavy (non-hydrogen) atoms. The third-order valence-electron chi connectivity index (χ3n) is 4.17. The van der Waals surface area contributed by atoms with Crippen LogP contribution >= 0.6 is 0 Å². The summed E-state index contributed by atoms with van der Waals surface area (Å²) in [5.41, 5.74) is 1.69. The van der Waals surface area contributed by atoms with Crippen molar-refractivity contribution < 1.29 is 19.1 Å². The van der Waals surface area contributed by atoms with Crippen molar-refractivity contribution in [2.24, 2.45) is 0 Å². The predicted molar refractivity (Wildman–Crippen MR) is 97.8 cm³/mol. The highest BCUT2D eigenvalue weighted by atomic mass is 16.5. The Labute approximate surface area is 147 Å². The lowest BCUT2D eigenvalue weighted by atomic mass is 10.1. The van der Waals surface area contributed by atoms with Crippen molar-refractivity contribution in [3.8, 4) is 17.1 Å². The summed E-state index contributed by atoms with van der Waals surface area (Å²) < 4.78 is 11.6. The highest BCUT2D eigenvalue weighted by Crippen LogP contribution is 2.30. The van der Waals surface area contributed by atoms with E-state index in [2.05, 4.69) is 6.92 Å². The number of hydrogen-bond acceptors (Lipinski definition) is 3. The molecule has 3 rings (SSSR count). The van der Waals surface area contributed by atoms with Gasteiger partial charge in [0.2, 0.25) is 0 Å². The molecule has 1 aromatic heterocycles. The van der Waals surface area contributed by atoms with Crippen molar-refractivity contribution in [1.29, 1.82) is 0 Å². The molecule has 0 bridgehead atoms. The van der Waals surface area contributed by atoms with E-state index in [4.69, 9.17) is 9.15 Å². The summed E-state index contributed by atoms with van der Waals surface area (Å²) in [5.74, 6) is 0.358. The number of rotatable bonds is 8. The molecular weight excluding hydrogens is 316 g/mol. The Bertz CT molecular complexity index is 817. The first kappa shape index (κ1) is 17.1. The average Bonchev–Trinajstić information content (AvgIpc) is 3.05. The van der Waals surface area contributed by atoms with E-state index in [1.54, 1.807) is 6.07 Å². The van der Waals surface area contributed by atoms with Gasteiger partial charge in [-0.05, 0) is 37.1 Å². The second-order valence-corrected chi connectivity index (χ2v) is 6.12. The van der Waals surface area contributed by atoms with E-state index in [-0.39, 0.29) is 0 Å². The lowest BCUT2D eigenvalue weighted by Crippen LogP contribution is -2.26. The van der Waals surface area contributed by atoms with Gasteiger partial charge in [0.1, 0.15) is 17.1 Å². The quantitative estimate of drug-likeness (QED) is 0.550. The molecule has 0 spiro atoms. The van der Waals surface area contributed by atoms with Gasteiger partial charge in [-0.1, -0.05) is 50.1 Å². The van der Waals surface area contributed by atoms with Gasteiger partial charge in [0.25, 0.3) is 0 Å². The standard InChI is InChI=1S/C21H22O4/c1-2-3-4-12-19(21(22)23)24-17-10-7-9-15(13-17)20-14-16-8-5-6-11-18(16)25-20/h5-11,13-14,19H,2-4,12H2,1H3,(H,22,23). The smallest absolute Gasteiger partial charge is 0.344 e. The van der Waals surface area contributed by atoms with Crippen LogP contribution in [0.3, 0.4) is 0 Å².